The molecule has 4 fully saturated rings. The second-order valence-electron chi connectivity index (χ2n) is 8.25. The van der Waals surface area contributed by atoms with Gasteiger partial charge >= 0.3 is 5.97 Å². The Morgan fingerprint density at radius 1 is 0.821 bits per heavy atom. The van der Waals surface area contributed by atoms with E-state index in [2.05, 4.69) is 106 Å². The van der Waals surface area contributed by atoms with E-state index in [1.807, 2.05) is 0 Å². The molecule has 0 aromatic carbocycles. The van der Waals surface area contributed by atoms with Crippen LogP contribution in [0.5, 0.6) is 0 Å². The van der Waals surface area contributed by atoms with Gasteiger partial charge in [-0.2, -0.15) is 0 Å². The molecule has 0 aromatic heterocycles. The van der Waals surface area contributed by atoms with E-state index in [1.165, 1.54) is 6.92 Å². The molecule has 158 valence electrons. The molecule has 4 bridgehead atoms. The Hall–Kier alpha value is 1.29. The Balaban J connectivity index is 1.96. The lowest BCUT2D eigenvalue weighted by molar-refractivity contribution is -0.197. The second-order valence-corrected chi connectivity index (χ2v) is 21.8. The molecule has 4 aliphatic rings. The van der Waals surface area contributed by atoms with Crippen molar-refractivity contribution >= 4 is 113 Å². The first-order valence-electron chi connectivity index (χ1n) is 8.56. The molecular weight excluding hydrogens is 764 g/mol. The Bertz CT molecular complexity index is 675. The van der Waals surface area contributed by atoms with E-state index < -0.39 is 21.0 Å². The van der Waals surface area contributed by atoms with Crippen molar-refractivity contribution in [1.82, 2.24) is 10.6 Å². The van der Waals surface area contributed by atoms with Crippen LogP contribution < -0.4 is 10.6 Å². The average molecular weight is 782 g/mol. The van der Waals surface area contributed by atoms with Crippen LogP contribution in [0.3, 0.4) is 0 Å². The largest absolute Gasteiger partial charge is 0.459 e. The minimum atomic E-state index is -1.09. The molecule has 0 spiro atoms. The number of hydrogen-bond acceptors (Lipinski definition) is 4. The molecule has 2 amide bonds. The standard InChI is InChI=1S/C16H18Br6N2O4/c1-8(25)28-14-4-9-2-12(6-14,23-10(26)15(17,18)19)5-13(3-9,7-14)24-11(27)16(20,21)22/h9H,2-7H2,1H3,(H,23,26)(H,24,27). The van der Waals surface area contributed by atoms with Crippen LogP contribution in [-0.2, 0) is 19.1 Å². The second kappa shape index (κ2) is 7.71. The van der Waals surface area contributed by atoms with Gasteiger partial charge in [-0.25, -0.2) is 0 Å². The van der Waals surface area contributed by atoms with E-state index in [1.54, 1.807) is 0 Å². The van der Waals surface area contributed by atoms with Gasteiger partial charge in [-0.3, -0.25) is 14.4 Å². The summed E-state index contributed by atoms with van der Waals surface area (Å²) in [4.78, 5) is 37.2. The smallest absolute Gasteiger partial charge is 0.303 e. The van der Waals surface area contributed by atoms with Crippen molar-refractivity contribution < 1.29 is 19.1 Å². The number of rotatable bonds is 3. The summed E-state index contributed by atoms with van der Waals surface area (Å²) in [5, 5.41) is 6.28. The number of amides is 2. The summed E-state index contributed by atoms with van der Waals surface area (Å²) >= 11 is 19.6. The Morgan fingerprint density at radius 2 is 1.25 bits per heavy atom. The zero-order valence-corrected chi connectivity index (χ0v) is 24.2. The van der Waals surface area contributed by atoms with Gasteiger partial charge in [-0.05, 0) is 127 Å². The zero-order valence-electron chi connectivity index (χ0n) is 14.7. The number of carbonyl (C=O) groups is 3. The van der Waals surface area contributed by atoms with Crippen LogP contribution in [0.1, 0.15) is 45.4 Å². The lowest BCUT2D eigenvalue weighted by Crippen LogP contribution is -2.75. The van der Waals surface area contributed by atoms with Gasteiger partial charge in [-0.15, -0.1) is 0 Å². The third-order valence-electron chi connectivity index (χ3n) is 5.65. The molecule has 2 N–H and O–H groups in total. The minimum absolute atomic E-state index is 0.224. The summed E-state index contributed by atoms with van der Waals surface area (Å²) < 4.78 is 3.65. The minimum Gasteiger partial charge on any atom is -0.459 e. The number of hydrogen-bond donors (Lipinski definition) is 2. The molecule has 4 rings (SSSR count). The molecule has 12 heteroatoms. The monoisotopic (exact) mass is 776 g/mol. The van der Waals surface area contributed by atoms with Crippen molar-refractivity contribution in [2.24, 2.45) is 5.92 Å². The van der Waals surface area contributed by atoms with Gasteiger partial charge < -0.3 is 15.4 Å². The molecule has 0 heterocycles. The van der Waals surface area contributed by atoms with E-state index >= 15 is 0 Å². The first kappa shape index (κ1) is 23.9. The number of carbonyl (C=O) groups excluding carboxylic acids is 3. The summed E-state index contributed by atoms with van der Waals surface area (Å²) in [6.07, 6.45) is 3.94. The van der Waals surface area contributed by atoms with Crippen LogP contribution in [-0.4, -0.2) is 38.7 Å². The lowest BCUT2D eigenvalue weighted by Gasteiger charge is -2.65. The van der Waals surface area contributed by atoms with Crippen molar-refractivity contribution in [1.29, 1.82) is 0 Å². The topological polar surface area (TPSA) is 84.5 Å². The maximum atomic E-state index is 12.7. The van der Waals surface area contributed by atoms with Crippen molar-refractivity contribution in [2.45, 2.75) is 66.4 Å². The van der Waals surface area contributed by atoms with Crippen molar-refractivity contribution in [3.63, 3.8) is 0 Å². The number of alkyl halides is 6. The van der Waals surface area contributed by atoms with Crippen LogP contribution in [0, 0.1) is 5.92 Å². The van der Waals surface area contributed by atoms with Crippen molar-refractivity contribution in [3.8, 4) is 0 Å². The van der Waals surface area contributed by atoms with E-state index in [4.69, 9.17) is 4.74 Å². The Kier molecular flexibility index (Phi) is 6.59. The highest BCUT2D eigenvalue weighted by atomic mass is 80.0. The Morgan fingerprint density at radius 3 is 1.61 bits per heavy atom. The van der Waals surface area contributed by atoms with E-state index in [9.17, 15) is 14.4 Å². The number of halogens is 6. The van der Waals surface area contributed by atoms with Crippen LogP contribution in [0.25, 0.3) is 0 Å². The molecule has 4 saturated carbocycles. The summed E-state index contributed by atoms with van der Waals surface area (Å²) in [6.45, 7) is 1.40. The van der Waals surface area contributed by atoms with Gasteiger partial charge in [0.15, 0.2) is 0 Å². The molecule has 0 aliphatic heterocycles. The highest BCUT2D eigenvalue weighted by molar-refractivity contribution is 9.40. The van der Waals surface area contributed by atoms with Crippen LogP contribution >= 0.6 is 95.6 Å². The van der Waals surface area contributed by atoms with Gasteiger partial charge in [0.2, 0.25) is 4.29 Å². The summed E-state index contributed by atoms with van der Waals surface area (Å²) in [7, 11) is 0. The first-order valence-corrected chi connectivity index (χ1v) is 13.3. The van der Waals surface area contributed by atoms with Gasteiger partial charge in [0.25, 0.3) is 11.8 Å². The third-order valence-corrected chi connectivity index (χ3v) is 7.81. The predicted molar refractivity (Wildman–Crippen MR) is 126 cm³/mol. The normalized spacial score (nSPS) is 36.8. The van der Waals surface area contributed by atoms with Gasteiger partial charge in [0.05, 0.1) is 0 Å². The molecule has 0 saturated heterocycles. The van der Waals surface area contributed by atoms with Crippen molar-refractivity contribution in [2.75, 3.05) is 0 Å². The van der Waals surface area contributed by atoms with Gasteiger partial charge in [0, 0.05) is 30.8 Å². The fraction of sp³-hybridized carbons (Fsp3) is 0.812. The SMILES string of the molecule is CC(=O)OC12CC3CC(NC(=O)C(Br)(Br)Br)(CC(NC(=O)C(Br)(Br)Br)(C3)C1)C2. The molecule has 2 unspecified atom stereocenters. The maximum Gasteiger partial charge on any atom is 0.303 e. The lowest BCUT2D eigenvalue weighted by atomic mass is 9.48. The van der Waals surface area contributed by atoms with Crippen LogP contribution in [0.15, 0.2) is 0 Å². The van der Waals surface area contributed by atoms with E-state index in [0.717, 1.165) is 19.3 Å². The predicted octanol–water partition coefficient (Wildman–Crippen LogP) is 4.67. The van der Waals surface area contributed by atoms with Gasteiger partial charge in [0.1, 0.15) is 5.60 Å². The zero-order chi connectivity index (χ0) is 21.2. The first-order chi connectivity index (χ1) is 12.6. The van der Waals surface area contributed by atoms with E-state index in [0.29, 0.717) is 19.3 Å². The highest BCUT2D eigenvalue weighted by Gasteiger charge is 2.66. The van der Waals surface area contributed by atoms with E-state index in [-0.39, 0.29) is 23.7 Å². The number of nitrogens with one attached hydrogen (secondary N) is 2. The highest BCUT2D eigenvalue weighted by Crippen LogP contribution is 2.61. The van der Waals surface area contributed by atoms with Gasteiger partial charge in [-0.1, -0.05) is 0 Å². The summed E-state index contributed by atoms with van der Waals surface area (Å²) in [6, 6.07) is 0. The molecule has 6 nitrogen and oxygen atoms in total. The third kappa shape index (κ3) is 5.02. The van der Waals surface area contributed by atoms with Crippen molar-refractivity contribution in [3.05, 3.63) is 0 Å². The molecule has 2 atom stereocenters. The molecule has 0 radical (unpaired) electrons. The number of ether oxygens (including phenoxy) is 1. The summed E-state index contributed by atoms with van der Waals surface area (Å²) in [5.41, 5.74) is -1.85. The molecule has 0 aromatic rings. The Labute approximate surface area is 213 Å². The molecule has 4 aliphatic carbocycles. The fourth-order valence-corrected chi connectivity index (χ4v) is 6.27. The summed E-state index contributed by atoms with van der Waals surface area (Å²) in [5.74, 6) is -0.673. The molecular formula is C16H18Br6N2O4. The maximum absolute atomic E-state index is 12.7. The number of esters is 1. The molecule has 28 heavy (non-hydrogen) atoms. The fourth-order valence-electron chi connectivity index (χ4n) is 5.67. The van der Waals surface area contributed by atoms with Crippen LogP contribution in [0.4, 0.5) is 0 Å². The quantitative estimate of drug-likeness (QED) is 0.323. The van der Waals surface area contributed by atoms with Crippen LogP contribution in [0.2, 0.25) is 0 Å². The average Bonchev–Trinajstić information content (AvgIpc) is 2.40.